The average molecular weight is 358 g/mol. The zero-order valence-electron chi connectivity index (χ0n) is 15.5. The van der Waals surface area contributed by atoms with Gasteiger partial charge in [0.2, 0.25) is 5.91 Å². The number of nitrogens with one attached hydrogen (secondary N) is 1. The minimum absolute atomic E-state index is 0.00746. The van der Waals surface area contributed by atoms with Gasteiger partial charge < -0.3 is 15.0 Å². The Morgan fingerprint density at radius 1 is 1.15 bits per heavy atom. The number of aryl methyl sites for hydroxylation is 1. The van der Waals surface area contributed by atoms with Crippen LogP contribution in [0.2, 0.25) is 0 Å². The van der Waals surface area contributed by atoms with Gasteiger partial charge in [-0.15, -0.1) is 0 Å². The highest BCUT2D eigenvalue weighted by molar-refractivity contribution is 5.76. The Balaban J connectivity index is 1.61. The van der Waals surface area contributed by atoms with E-state index in [9.17, 15) is 9.18 Å². The molecule has 0 atom stereocenters. The van der Waals surface area contributed by atoms with Crippen LogP contribution in [0.1, 0.15) is 24.0 Å². The number of halogens is 1. The fourth-order valence-corrected chi connectivity index (χ4v) is 2.76. The number of ether oxygens (including phenoxy) is 1. The summed E-state index contributed by atoms with van der Waals surface area (Å²) in [5, 5.41) is 2.93. The van der Waals surface area contributed by atoms with E-state index < -0.39 is 5.82 Å². The second-order valence-electron chi connectivity index (χ2n) is 6.40. The molecule has 0 radical (unpaired) electrons. The van der Waals surface area contributed by atoms with Gasteiger partial charge in [-0.25, -0.2) is 4.39 Å². The molecule has 2 rings (SSSR count). The summed E-state index contributed by atoms with van der Waals surface area (Å²) < 4.78 is 18.5. The van der Waals surface area contributed by atoms with Crippen molar-refractivity contribution < 1.29 is 13.9 Å². The predicted octanol–water partition coefficient (Wildman–Crippen LogP) is 3.41. The quantitative estimate of drug-likeness (QED) is 0.662. The minimum atomic E-state index is -0.396. The number of benzene rings is 2. The number of rotatable bonds is 10. The average Bonchev–Trinajstić information content (AvgIpc) is 2.64. The van der Waals surface area contributed by atoms with E-state index in [0.717, 1.165) is 25.1 Å². The molecule has 0 aliphatic carbocycles. The molecule has 2 aromatic rings. The van der Waals surface area contributed by atoms with Gasteiger partial charge in [0.25, 0.3) is 0 Å². The van der Waals surface area contributed by atoms with Crippen LogP contribution in [-0.4, -0.2) is 38.1 Å². The van der Waals surface area contributed by atoms with Crippen LogP contribution < -0.4 is 10.1 Å². The molecule has 0 bridgehead atoms. The van der Waals surface area contributed by atoms with E-state index in [1.807, 2.05) is 18.2 Å². The number of amides is 1. The van der Waals surface area contributed by atoms with Crippen molar-refractivity contribution in [1.82, 2.24) is 10.2 Å². The minimum Gasteiger partial charge on any atom is -0.494 e. The summed E-state index contributed by atoms with van der Waals surface area (Å²) in [7, 11) is 3.51. The first kappa shape index (κ1) is 19.9. The molecule has 1 N–H and O–H groups in total. The van der Waals surface area contributed by atoms with Crippen molar-refractivity contribution in [2.75, 3.05) is 27.2 Å². The summed E-state index contributed by atoms with van der Waals surface area (Å²) in [6.45, 7) is 2.46. The first-order chi connectivity index (χ1) is 12.6. The van der Waals surface area contributed by atoms with E-state index in [-0.39, 0.29) is 11.7 Å². The van der Waals surface area contributed by atoms with Crippen molar-refractivity contribution in [1.29, 1.82) is 0 Å². The lowest BCUT2D eigenvalue weighted by Gasteiger charge is -2.16. The molecule has 0 saturated carbocycles. The molecule has 140 valence electrons. The van der Waals surface area contributed by atoms with E-state index in [4.69, 9.17) is 4.74 Å². The van der Waals surface area contributed by atoms with Crippen molar-refractivity contribution in [3.05, 3.63) is 65.5 Å². The van der Waals surface area contributed by atoms with Crippen LogP contribution in [-0.2, 0) is 17.8 Å². The molecule has 0 aromatic heterocycles. The first-order valence-electron chi connectivity index (χ1n) is 8.90. The van der Waals surface area contributed by atoms with Crippen LogP contribution in [0.5, 0.6) is 5.75 Å². The lowest BCUT2D eigenvalue weighted by Crippen LogP contribution is -2.28. The third-order valence-electron chi connectivity index (χ3n) is 4.19. The van der Waals surface area contributed by atoms with E-state index in [1.54, 1.807) is 12.1 Å². The van der Waals surface area contributed by atoms with E-state index >= 15 is 0 Å². The number of hydrogen-bond acceptors (Lipinski definition) is 3. The highest BCUT2D eigenvalue weighted by Crippen LogP contribution is 2.18. The van der Waals surface area contributed by atoms with Crippen molar-refractivity contribution in [3.8, 4) is 5.75 Å². The van der Waals surface area contributed by atoms with Crippen molar-refractivity contribution in [2.24, 2.45) is 0 Å². The number of nitrogens with zero attached hydrogens (tertiary/aromatic N) is 1. The van der Waals surface area contributed by atoms with Crippen molar-refractivity contribution >= 4 is 5.91 Å². The van der Waals surface area contributed by atoms with Gasteiger partial charge in [-0.3, -0.25) is 4.79 Å². The number of carbonyl (C=O) groups excluding carboxylic acids is 1. The molecule has 26 heavy (non-hydrogen) atoms. The SMILES string of the molecule is COc1ccc(CCC(=O)NCCCN(C)Cc2ccccc2)cc1F. The van der Waals surface area contributed by atoms with Gasteiger partial charge in [0.05, 0.1) is 7.11 Å². The first-order valence-corrected chi connectivity index (χ1v) is 8.90. The highest BCUT2D eigenvalue weighted by Gasteiger charge is 2.06. The summed E-state index contributed by atoms with van der Waals surface area (Å²) in [5.74, 6) is -0.184. The Labute approximate surface area is 155 Å². The second-order valence-corrected chi connectivity index (χ2v) is 6.40. The van der Waals surface area contributed by atoms with Crippen LogP contribution in [0.3, 0.4) is 0 Å². The predicted molar refractivity (Wildman–Crippen MR) is 102 cm³/mol. The topological polar surface area (TPSA) is 41.6 Å². The lowest BCUT2D eigenvalue weighted by molar-refractivity contribution is -0.121. The highest BCUT2D eigenvalue weighted by atomic mass is 19.1. The molecule has 0 aliphatic rings. The normalized spacial score (nSPS) is 10.8. The van der Waals surface area contributed by atoms with E-state index in [0.29, 0.717) is 19.4 Å². The van der Waals surface area contributed by atoms with Crippen molar-refractivity contribution in [2.45, 2.75) is 25.8 Å². The molecule has 0 aliphatic heterocycles. The molecule has 4 nitrogen and oxygen atoms in total. The van der Waals surface area contributed by atoms with E-state index in [1.165, 1.54) is 18.7 Å². The summed E-state index contributed by atoms with van der Waals surface area (Å²) in [5.41, 5.74) is 2.08. The molecular weight excluding hydrogens is 331 g/mol. The van der Waals surface area contributed by atoms with Gasteiger partial charge in [0, 0.05) is 19.5 Å². The molecule has 0 unspecified atom stereocenters. The molecule has 5 heteroatoms. The Hall–Kier alpha value is -2.40. The van der Waals surface area contributed by atoms with Gasteiger partial charge >= 0.3 is 0 Å². The van der Waals surface area contributed by atoms with Crippen LogP contribution in [0.4, 0.5) is 4.39 Å². The zero-order valence-corrected chi connectivity index (χ0v) is 15.5. The standard InChI is InChI=1S/C21H27FN2O2/c1-24(16-18-7-4-3-5-8-18)14-6-13-23-21(25)12-10-17-9-11-20(26-2)19(22)15-17/h3-5,7-9,11,15H,6,10,12-14,16H2,1-2H3,(H,23,25). The molecule has 2 aromatic carbocycles. The Kier molecular flexibility index (Phi) is 8.09. The lowest BCUT2D eigenvalue weighted by atomic mass is 10.1. The maximum atomic E-state index is 13.6. The van der Waals surface area contributed by atoms with E-state index in [2.05, 4.69) is 29.4 Å². The summed E-state index contributed by atoms with van der Waals surface area (Å²) in [6.07, 6.45) is 1.76. The monoisotopic (exact) mass is 358 g/mol. The summed E-state index contributed by atoms with van der Waals surface area (Å²) in [6, 6.07) is 15.1. The molecule has 1 amide bonds. The summed E-state index contributed by atoms with van der Waals surface area (Å²) >= 11 is 0. The number of carbonyl (C=O) groups is 1. The van der Waals surface area contributed by atoms with Gasteiger partial charge in [0.1, 0.15) is 0 Å². The number of methoxy groups -OCH3 is 1. The maximum Gasteiger partial charge on any atom is 0.220 e. The molecular formula is C21H27FN2O2. The molecule has 0 saturated heterocycles. The van der Waals surface area contributed by atoms with Gasteiger partial charge in [-0.05, 0) is 49.7 Å². The Morgan fingerprint density at radius 2 is 1.92 bits per heavy atom. The van der Waals surface area contributed by atoms with Crippen LogP contribution in [0, 0.1) is 5.82 Å². The number of hydrogen-bond donors (Lipinski definition) is 1. The zero-order chi connectivity index (χ0) is 18.8. The van der Waals surface area contributed by atoms with Crippen LogP contribution in [0.15, 0.2) is 48.5 Å². The third kappa shape index (κ3) is 6.84. The molecule has 0 fully saturated rings. The van der Waals surface area contributed by atoms with Gasteiger partial charge in [-0.1, -0.05) is 36.4 Å². The van der Waals surface area contributed by atoms with Gasteiger partial charge in [0.15, 0.2) is 11.6 Å². The Morgan fingerprint density at radius 3 is 2.62 bits per heavy atom. The largest absolute Gasteiger partial charge is 0.494 e. The molecule has 0 heterocycles. The van der Waals surface area contributed by atoms with Crippen molar-refractivity contribution in [3.63, 3.8) is 0 Å². The summed E-state index contributed by atoms with van der Waals surface area (Å²) in [4.78, 5) is 14.2. The maximum absolute atomic E-state index is 13.6. The fraction of sp³-hybridized carbons (Fsp3) is 0.381. The third-order valence-corrected chi connectivity index (χ3v) is 4.19. The second kappa shape index (κ2) is 10.6. The van der Waals surface area contributed by atoms with Gasteiger partial charge in [-0.2, -0.15) is 0 Å². The molecule has 0 spiro atoms. The Bertz CT molecular complexity index is 692. The van der Waals surface area contributed by atoms with Crippen LogP contribution in [0.25, 0.3) is 0 Å². The smallest absolute Gasteiger partial charge is 0.220 e. The van der Waals surface area contributed by atoms with Crippen LogP contribution >= 0.6 is 0 Å². The fourth-order valence-electron chi connectivity index (χ4n) is 2.76.